The molecule has 0 spiro atoms. The average Bonchev–Trinajstić information content (AvgIpc) is 3.01. The zero-order valence-electron chi connectivity index (χ0n) is 14.6. The van der Waals surface area contributed by atoms with Gasteiger partial charge in [0.05, 0.1) is 23.0 Å². The molecule has 148 valence electrons. The molecule has 0 aliphatic heterocycles. The second kappa shape index (κ2) is 7.57. The van der Waals surface area contributed by atoms with E-state index in [1.54, 1.807) is 18.2 Å². The van der Waals surface area contributed by atoms with Crippen LogP contribution in [0.1, 0.15) is 36.5 Å². The summed E-state index contributed by atoms with van der Waals surface area (Å²) in [5.41, 5.74) is 0.0257. The van der Waals surface area contributed by atoms with Crippen LogP contribution < -0.4 is 0 Å². The van der Waals surface area contributed by atoms with Crippen molar-refractivity contribution in [2.75, 3.05) is 0 Å². The molecule has 0 bridgehead atoms. The summed E-state index contributed by atoms with van der Waals surface area (Å²) in [6.07, 6.45) is -5.83. The third kappa shape index (κ3) is 4.13. The largest absolute Gasteiger partial charge is 0.454 e. The minimum atomic E-state index is -4.47. The van der Waals surface area contributed by atoms with Gasteiger partial charge < -0.3 is 4.74 Å². The van der Waals surface area contributed by atoms with E-state index < -0.39 is 30.4 Å². The molecule has 0 unspecified atom stereocenters. The summed E-state index contributed by atoms with van der Waals surface area (Å²) in [7, 11) is 0. The molecule has 0 fully saturated rings. The smallest absolute Gasteiger partial charge is 0.416 e. The first-order chi connectivity index (χ1) is 13.2. The van der Waals surface area contributed by atoms with E-state index in [1.807, 2.05) is 0 Å². The number of nitrogens with zero attached hydrogens (tertiary/aromatic N) is 2. The van der Waals surface area contributed by atoms with Crippen LogP contribution in [0.4, 0.5) is 22.0 Å². The van der Waals surface area contributed by atoms with Gasteiger partial charge in [0.25, 0.3) is 0 Å². The normalized spacial score (nSPS) is 13.1. The van der Waals surface area contributed by atoms with Gasteiger partial charge in [0.2, 0.25) is 0 Å². The van der Waals surface area contributed by atoms with Crippen molar-refractivity contribution in [3.8, 4) is 0 Å². The highest BCUT2D eigenvalue weighted by Crippen LogP contribution is 2.30. The van der Waals surface area contributed by atoms with Crippen LogP contribution in [0.25, 0.3) is 11.0 Å². The number of alkyl halides is 5. The Morgan fingerprint density at radius 2 is 1.75 bits per heavy atom. The Hall–Kier alpha value is -2.97. The first-order valence-electron chi connectivity index (χ1n) is 8.27. The third-order valence-electron chi connectivity index (χ3n) is 4.12. The van der Waals surface area contributed by atoms with Crippen molar-refractivity contribution in [3.05, 3.63) is 65.5 Å². The van der Waals surface area contributed by atoms with Gasteiger partial charge in [-0.25, -0.2) is 4.98 Å². The molecule has 0 saturated carbocycles. The molecule has 0 aliphatic rings. The number of carbonyl (C=O) groups excluding carboxylic acids is 1. The highest BCUT2D eigenvalue weighted by Gasteiger charge is 2.30. The summed E-state index contributed by atoms with van der Waals surface area (Å²) in [5, 5.41) is 0. The zero-order valence-corrected chi connectivity index (χ0v) is 14.6. The van der Waals surface area contributed by atoms with E-state index in [0.717, 1.165) is 12.1 Å². The number of esters is 1. The molecule has 0 saturated heterocycles. The number of halogens is 5. The highest BCUT2D eigenvalue weighted by molar-refractivity contribution is 5.76. The number of benzene rings is 2. The van der Waals surface area contributed by atoms with E-state index in [1.165, 1.54) is 25.1 Å². The van der Waals surface area contributed by atoms with Gasteiger partial charge in [0.15, 0.2) is 11.9 Å². The lowest BCUT2D eigenvalue weighted by atomic mass is 10.1. The Bertz CT molecular complexity index is 980. The number of carbonyl (C=O) groups is 1. The van der Waals surface area contributed by atoms with Crippen LogP contribution in [0.3, 0.4) is 0 Å². The SMILES string of the molecule is C[C@H](OC(=O)Cc1ccc(C(F)(F)F)cc1)c1nc2ccccc2n1C(F)F. The number of rotatable bonds is 5. The number of para-hydroxylation sites is 2. The lowest BCUT2D eigenvalue weighted by Gasteiger charge is -2.15. The maximum absolute atomic E-state index is 13.5. The minimum Gasteiger partial charge on any atom is -0.454 e. The molecule has 1 aromatic heterocycles. The van der Waals surface area contributed by atoms with E-state index in [2.05, 4.69) is 4.98 Å². The first-order valence-corrected chi connectivity index (χ1v) is 8.27. The van der Waals surface area contributed by atoms with Crippen LogP contribution in [0, 0.1) is 0 Å². The lowest BCUT2D eigenvalue weighted by Crippen LogP contribution is -2.16. The Morgan fingerprint density at radius 1 is 1.11 bits per heavy atom. The fraction of sp³-hybridized carbons (Fsp3) is 0.263. The van der Waals surface area contributed by atoms with Crippen molar-refractivity contribution in [2.24, 2.45) is 0 Å². The Morgan fingerprint density at radius 3 is 2.36 bits per heavy atom. The number of fused-ring (bicyclic) bond motifs is 1. The summed E-state index contributed by atoms with van der Waals surface area (Å²) >= 11 is 0. The molecular weight excluding hydrogens is 383 g/mol. The molecule has 0 amide bonds. The molecule has 9 heteroatoms. The van der Waals surface area contributed by atoms with Gasteiger partial charge in [-0.15, -0.1) is 0 Å². The van der Waals surface area contributed by atoms with Crippen molar-refractivity contribution in [2.45, 2.75) is 32.2 Å². The number of aromatic nitrogens is 2. The monoisotopic (exact) mass is 398 g/mol. The van der Waals surface area contributed by atoms with E-state index in [-0.39, 0.29) is 17.8 Å². The molecule has 1 atom stereocenters. The zero-order chi connectivity index (χ0) is 20.5. The van der Waals surface area contributed by atoms with Crippen molar-refractivity contribution in [1.29, 1.82) is 0 Å². The van der Waals surface area contributed by atoms with Gasteiger partial charge in [-0.1, -0.05) is 24.3 Å². The van der Waals surface area contributed by atoms with Crippen LogP contribution >= 0.6 is 0 Å². The second-order valence-electron chi connectivity index (χ2n) is 6.11. The molecule has 2 aromatic carbocycles. The number of ether oxygens (including phenoxy) is 1. The van der Waals surface area contributed by atoms with Crippen molar-refractivity contribution in [3.63, 3.8) is 0 Å². The topological polar surface area (TPSA) is 44.1 Å². The van der Waals surface area contributed by atoms with Gasteiger partial charge in [0.1, 0.15) is 0 Å². The van der Waals surface area contributed by atoms with Gasteiger partial charge >= 0.3 is 18.7 Å². The molecule has 0 radical (unpaired) electrons. The van der Waals surface area contributed by atoms with Crippen molar-refractivity contribution >= 4 is 17.0 Å². The van der Waals surface area contributed by atoms with Crippen LogP contribution in [0.2, 0.25) is 0 Å². The van der Waals surface area contributed by atoms with Gasteiger partial charge in [-0.2, -0.15) is 22.0 Å². The first kappa shape index (κ1) is 19.8. The fourth-order valence-electron chi connectivity index (χ4n) is 2.82. The quantitative estimate of drug-likeness (QED) is 0.433. The summed E-state index contributed by atoms with van der Waals surface area (Å²) < 4.78 is 70.5. The number of imidazole rings is 1. The van der Waals surface area contributed by atoms with Crippen molar-refractivity contribution in [1.82, 2.24) is 9.55 Å². The summed E-state index contributed by atoms with van der Waals surface area (Å²) in [4.78, 5) is 16.2. The third-order valence-corrected chi connectivity index (χ3v) is 4.12. The highest BCUT2D eigenvalue weighted by atomic mass is 19.4. The molecular formula is C19H15F5N2O2. The Kier molecular flexibility index (Phi) is 5.35. The van der Waals surface area contributed by atoms with E-state index >= 15 is 0 Å². The molecule has 3 rings (SSSR count). The Labute approximate surface area is 156 Å². The predicted molar refractivity (Wildman–Crippen MR) is 90.6 cm³/mol. The summed E-state index contributed by atoms with van der Waals surface area (Å²) in [6.45, 7) is -1.47. The minimum absolute atomic E-state index is 0.114. The summed E-state index contributed by atoms with van der Waals surface area (Å²) in [6, 6.07) is 10.4. The molecule has 4 nitrogen and oxygen atoms in total. The van der Waals surface area contributed by atoms with Gasteiger partial charge in [-0.3, -0.25) is 9.36 Å². The maximum Gasteiger partial charge on any atom is 0.416 e. The van der Waals surface area contributed by atoms with E-state index in [4.69, 9.17) is 4.74 Å². The van der Waals surface area contributed by atoms with Gasteiger partial charge in [0, 0.05) is 0 Å². The molecule has 0 aliphatic carbocycles. The van der Waals surface area contributed by atoms with Crippen LogP contribution in [-0.2, 0) is 22.1 Å². The van der Waals surface area contributed by atoms with E-state index in [0.29, 0.717) is 15.6 Å². The second-order valence-corrected chi connectivity index (χ2v) is 6.11. The molecule has 28 heavy (non-hydrogen) atoms. The predicted octanol–water partition coefficient (Wildman–Crippen LogP) is 5.30. The molecule has 1 heterocycles. The van der Waals surface area contributed by atoms with Gasteiger partial charge in [-0.05, 0) is 36.8 Å². The standard InChI is InChI=1S/C19H15F5N2O2/c1-11(17-25-14-4-2-3-5-15(14)26(17)18(20)21)28-16(27)10-12-6-8-13(9-7-12)19(22,23)24/h2-9,11,18H,10H2,1H3/t11-/m0/s1. The van der Waals surface area contributed by atoms with Crippen molar-refractivity contribution < 1.29 is 31.5 Å². The number of hydrogen-bond acceptors (Lipinski definition) is 3. The maximum atomic E-state index is 13.5. The Balaban J connectivity index is 1.74. The summed E-state index contributed by atoms with van der Waals surface area (Å²) in [5.74, 6) is -0.878. The van der Waals surface area contributed by atoms with Crippen LogP contribution in [-0.4, -0.2) is 15.5 Å². The van der Waals surface area contributed by atoms with Crippen LogP contribution in [0.5, 0.6) is 0 Å². The molecule has 3 aromatic rings. The average molecular weight is 398 g/mol. The fourth-order valence-corrected chi connectivity index (χ4v) is 2.82. The lowest BCUT2D eigenvalue weighted by molar-refractivity contribution is -0.148. The van der Waals surface area contributed by atoms with E-state index in [9.17, 15) is 26.7 Å². The molecule has 0 N–H and O–H groups in total. The van der Waals surface area contributed by atoms with Crippen LogP contribution in [0.15, 0.2) is 48.5 Å². The number of hydrogen-bond donors (Lipinski definition) is 0.